The van der Waals surface area contributed by atoms with E-state index in [0.717, 1.165) is 38.5 Å². The van der Waals surface area contributed by atoms with Crippen molar-refractivity contribution in [1.82, 2.24) is 14.7 Å². The summed E-state index contributed by atoms with van der Waals surface area (Å²) in [6, 6.07) is 9.61. The Bertz CT molecular complexity index is 646. The topological polar surface area (TPSA) is 79.1 Å². The predicted octanol–water partition coefficient (Wildman–Crippen LogP) is 0.795. The molecule has 2 fully saturated rings. The lowest BCUT2D eigenvalue weighted by atomic mass is 9.91. The third-order valence-electron chi connectivity index (χ3n) is 5.78. The summed E-state index contributed by atoms with van der Waals surface area (Å²) in [5.74, 6) is 0.497. The van der Waals surface area contributed by atoms with Gasteiger partial charge in [0.25, 0.3) is 0 Å². The van der Waals surface area contributed by atoms with Crippen molar-refractivity contribution >= 4 is 11.8 Å². The van der Waals surface area contributed by atoms with E-state index in [4.69, 9.17) is 10.5 Å². The molecule has 2 aliphatic rings. The number of rotatable bonds is 7. The van der Waals surface area contributed by atoms with Gasteiger partial charge in [-0.1, -0.05) is 25.1 Å². The van der Waals surface area contributed by atoms with Gasteiger partial charge in [0.15, 0.2) is 0 Å². The number of carbonyl (C=O) groups excluding carboxylic acids is 2. The molecule has 0 saturated carbocycles. The predicted molar refractivity (Wildman–Crippen MR) is 108 cm³/mol. The zero-order chi connectivity index (χ0) is 19.9. The molecular formula is C21H32N4O3. The molecule has 0 spiro atoms. The largest absolute Gasteiger partial charge is 0.490 e. The molecule has 2 amide bonds. The number of piperazine rings is 1. The summed E-state index contributed by atoms with van der Waals surface area (Å²) in [5, 5.41) is 0. The first-order valence-electron chi connectivity index (χ1n) is 10.3. The van der Waals surface area contributed by atoms with Crippen LogP contribution >= 0.6 is 0 Å². The minimum Gasteiger partial charge on any atom is -0.490 e. The fraction of sp³-hybridized carbons (Fsp3) is 0.619. The molecule has 1 aromatic rings. The van der Waals surface area contributed by atoms with Crippen molar-refractivity contribution in [2.24, 2.45) is 11.7 Å². The molecule has 2 saturated heterocycles. The zero-order valence-electron chi connectivity index (χ0n) is 16.8. The van der Waals surface area contributed by atoms with Crippen LogP contribution in [0.25, 0.3) is 0 Å². The molecule has 7 heteroatoms. The van der Waals surface area contributed by atoms with E-state index in [1.807, 2.05) is 35.2 Å². The number of primary amides is 1. The Labute approximate surface area is 167 Å². The maximum atomic E-state index is 12.8. The van der Waals surface area contributed by atoms with Crippen LogP contribution in [-0.4, -0.2) is 85.0 Å². The van der Waals surface area contributed by atoms with Crippen molar-refractivity contribution in [3.05, 3.63) is 30.3 Å². The number of piperidine rings is 1. The van der Waals surface area contributed by atoms with Gasteiger partial charge in [0.1, 0.15) is 11.9 Å². The highest BCUT2D eigenvalue weighted by Crippen LogP contribution is 2.25. The number of likely N-dealkylation sites (N-methyl/N-ethyl adjacent to an activating group) is 1. The SMILES string of the molecule is CCN1CCN(CC(=O)N2CC[C@H](Oc3ccccc3)[C@@H](CC(N)=O)C2)CC1. The Morgan fingerprint density at radius 2 is 1.75 bits per heavy atom. The average molecular weight is 389 g/mol. The summed E-state index contributed by atoms with van der Waals surface area (Å²) in [5.41, 5.74) is 5.47. The van der Waals surface area contributed by atoms with Crippen LogP contribution in [0.15, 0.2) is 30.3 Å². The highest BCUT2D eigenvalue weighted by Gasteiger charge is 2.34. The normalized spacial score (nSPS) is 24.1. The Kier molecular flexibility index (Phi) is 7.28. The van der Waals surface area contributed by atoms with Gasteiger partial charge in [0, 0.05) is 58.0 Å². The molecule has 2 heterocycles. The highest BCUT2D eigenvalue weighted by molar-refractivity contribution is 5.79. The van der Waals surface area contributed by atoms with Gasteiger partial charge in [0.2, 0.25) is 11.8 Å². The highest BCUT2D eigenvalue weighted by atomic mass is 16.5. The van der Waals surface area contributed by atoms with Gasteiger partial charge in [-0.05, 0) is 18.7 Å². The van der Waals surface area contributed by atoms with Crippen LogP contribution < -0.4 is 10.5 Å². The molecule has 2 N–H and O–H groups in total. The number of ether oxygens (including phenoxy) is 1. The van der Waals surface area contributed by atoms with E-state index in [9.17, 15) is 9.59 Å². The lowest BCUT2D eigenvalue weighted by molar-refractivity contribution is -0.137. The third-order valence-corrected chi connectivity index (χ3v) is 5.78. The van der Waals surface area contributed by atoms with Gasteiger partial charge in [-0.3, -0.25) is 14.5 Å². The summed E-state index contributed by atoms with van der Waals surface area (Å²) >= 11 is 0. The fourth-order valence-corrected chi connectivity index (χ4v) is 4.08. The number of likely N-dealkylation sites (tertiary alicyclic amines) is 1. The number of hydrogen-bond acceptors (Lipinski definition) is 5. The second-order valence-corrected chi connectivity index (χ2v) is 7.74. The van der Waals surface area contributed by atoms with Gasteiger partial charge in [-0.15, -0.1) is 0 Å². The summed E-state index contributed by atoms with van der Waals surface area (Å²) in [6.45, 7) is 8.74. The molecule has 2 atom stereocenters. The lowest BCUT2D eigenvalue weighted by Crippen LogP contribution is -2.53. The number of nitrogens with zero attached hydrogens (tertiary/aromatic N) is 3. The van der Waals surface area contributed by atoms with Gasteiger partial charge in [0.05, 0.1) is 6.54 Å². The number of nitrogens with two attached hydrogens (primary N) is 1. The monoisotopic (exact) mass is 388 g/mol. The van der Waals surface area contributed by atoms with Gasteiger partial charge in [-0.25, -0.2) is 0 Å². The van der Waals surface area contributed by atoms with Crippen molar-refractivity contribution in [2.45, 2.75) is 25.9 Å². The molecule has 3 rings (SSSR count). The maximum absolute atomic E-state index is 12.8. The van der Waals surface area contributed by atoms with Crippen molar-refractivity contribution < 1.29 is 14.3 Å². The quantitative estimate of drug-likeness (QED) is 0.747. The van der Waals surface area contributed by atoms with Crippen molar-refractivity contribution in [3.8, 4) is 5.75 Å². The Morgan fingerprint density at radius 1 is 1.07 bits per heavy atom. The van der Waals surface area contributed by atoms with E-state index >= 15 is 0 Å². The van der Waals surface area contributed by atoms with E-state index in [-0.39, 0.29) is 30.3 Å². The van der Waals surface area contributed by atoms with Crippen LogP contribution in [0.5, 0.6) is 5.75 Å². The molecule has 2 aliphatic heterocycles. The molecule has 0 aromatic heterocycles. The first-order chi connectivity index (χ1) is 13.5. The van der Waals surface area contributed by atoms with Crippen LogP contribution in [0.1, 0.15) is 19.8 Å². The average Bonchev–Trinajstić information content (AvgIpc) is 2.70. The molecule has 28 heavy (non-hydrogen) atoms. The van der Waals surface area contributed by atoms with Crippen molar-refractivity contribution in [2.75, 3.05) is 52.4 Å². The zero-order valence-corrected chi connectivity index (χ0v) is 16.8. The molecule has 0 radical (unpaired) electrons. The molecule has 1 aromatic carbocycles. The molecule has 0 unspecified atom stereocenters. The van der Waals surface area contributed by atoms with E-state index in [1.165, 1.54) is 0 Å². The Hall–Kier alpha value is -2.12. The second-order valence-electron chi connectivity index (χ2n) is 7.74. The first-order valence-corrected chi connectivity index (χ1v) is 10.3. The van der Waals surface area contributed by atoms with Crippen LogP contribution in [0, 0.1) is 5.92 Å². The lowest BCUT2D eigenvalue weighted by Gasteiger charge is -2.40. The van der Waals surface area contributed by atoms with Crippen LogP contribution in [-0.2, 0) is 9.59 Å². The third kappa shape index (κ3) is 5.69. The number of hydrogen-bond donors (Lipinski definition) is 1. The van der Waals surface area contributed by atoms with Crippen molar-refractivity contribution in [1.29, 1.82) is 0 Å². The summed E-state index contributed by atoms with van der Waals surface area (Å²) < 4.78 is 6.11. The number of amides is 2. The van der Waals surface area contributed by atoms with E-state index in [2.05, 4.69) is 16.7 Å². The minimum absolute atomic E-state index is 0.0765. The van der Waals surface area contributed by atoms with Gasteiger partial charge in [-0.2, -0.15) is 0 Å². The number of para-hydroxylation sites is 1. The second kappa shape index (κ2) is 9.89. The maximum Gasteiger partial charge on any atom is 0.236 e. The van der Waals surface area contributed by atoms with Crippen LogP contribution in [0.3, 0.4) is 0 Å². The molecule has 7 nitrogen and oxygen atoms in total. The van der Waals surface area contributed by atoms with Gasteiger partial charge >= 0.3 is 0 Å². The molecule has 154 valence electrons. The Morgan fingerprint density at radius 3 is 2.39 bits per heavy atom. The summed E-state index contributed by atoms with van der Waals surface area (Å²) in [7, 11) is 0. The number of carbonyl (C=O) groups is 2. The number of benzene rings is 1. The molecule has 0 bridgehead atoms. The Balaban J connectivity index is 1.55. The van der Waals surface area contributed by atoms with E-state index in [0.29, 0.717) is 26.1 Å². The van der Waals surface area contributed by atoms with E-state index in [1.54, 1.807) is 0 Å². The summed E-state index contributed by atoms with van der Waals surface area (Å²) in [6.07, 6.45) is 0.839. The standard InChI is InChI=1S/C21H32N4O3/c1-2-23-10-12-24(13-11-23)16-21(27)25-9-8-19(17(15-25)14-20(22)26)28-18-6-4-3-5-7-18/h3-7,17,19H,2,8-16H2,1H3,(H2,22,26)/t17-,19-/m0/s1. The van der Waals surface area contributed by atoms with E-state index < -0.39 is 0 Å². The van der Waals surface area contributed by atoms with Gasteiger partial charge < -0.3 is 20.3 Å². The molecule has 0 aliphatic carbocycles. The molecular weight excluding hydrogens is 356 g/mol. The van der Waals surface area contributed by atoms with Crippen LogP contribution in [0.4, 0.5) is 0 Å². The van der Waals surface area contributed by atoms with Crippen LogP contribution in [0.2, 0.25) is 0 Å². The van der Waals surface area contributed by atoms with Crippen molar-refractivity contribution in [3.63, 3.8) is 0 Å². The minimum atomic E-state index is -0.350. The first kappa shape index (κ1) is 20.6. The smallest absolute Gasteiger partial charge is 0.236 e. The summed E-state index contributed by atoms with van der Waals surface area (Å²) in [4.78, 5) is 30.9. The fourth-order valence-electron chi connectivity index (χ4n) is 4.08.